The molecule has 0 saturated heterocycles. The van der Waals surface area contributed by atoms with Gasteiger partial charge in [-0.3, -0.25) is 19.2 Å². The number of nitrogens with one attached hydrogen (secondary N) is 3. The number of Topliss-reactive ketones (excluding diaryl/α,β-unsaturated/α-hetero) is 1. The Labute approximate surface area is 303 Å². The van der Waals surface area contributed by atoms with E-state index in [1.807, 2.05) is 0 Å². The molecule has 0 aliphatic carbocycles. The number of phenolic OH excluding ortho intramolecular Hbond substituents is 2. The Morgan fingerprint density at radius 2 is 1.45 bits per heavy atom. The summed E-state index contributed by atoms with van der Waals surface area (Å²) in [6, 6.07) is 22.1. The molecule has 4 aromatic rings. The first kappa shape index (κ1) is 35.7. The lowest BCUT2D eigenvalue weighted by molar-refractivity contribution is -0.129. The number of aromatic hydroxyl groups is 2. The number of ketones is 1. The van der Waals surface area contributed by atoms with Crippen LogP contribution in [0.15, 0.2) is 78.9 Å². The standard InChI is InChI=1S/C40H32N4O9/c1-2-3-6-33(47)29(21-41)38(50)44-24-10-8-23(9-11-24)5-4-7-36(48)42-22-37(49)43-25-12-15-30-28(18-25)39(51)53-40(30)31-16-13-26(45)19-34(31)52-35-20-27(46)14-17-32(35)40/h1,8-20,29,45-46H,3-7,22H2,(H,42,48)(H,43,49)(H,44,50). The predicted molar refractivity (Wildman–Crippen MR) is 190 cm³/mol. The van der Waals surface area contributed by atoms with Gasteiger partial charge in [-0.2, -0.15) is 5.26 Å². The van der Waals surface area contributed by atoms with E-state index in [9.17, 15) is 39.4 Å². The van der Waals surface area contributed by atoms with Crippen LogP contribution >= 0.6 is 0 Å². The van der Waals surface area contributed by atoms with E-state index < -0.39 is 35.1 Å². The molecule has 2 aliphatic heterocycles. The van der Waals surface area contributed by atoms with Gasteiger partial charge in [0.15, 0.2) is 17.3 Å². The highest BCUT2D eigenvalue weighted by Crippen LogP contribution is 2.57. The van der Waals surface area contributed by atoms with Crippen molar-refractivity contribution in [3.63, 3.8) is 0 Å². The van der Waals surface area contributed by atoms with E-state index >= 15 is 0 Å². The molecular weight excluding hydrogens is 680 g/mol. The molecule has 6 rings (SSSR count). The van der Waals surface area contributed by atoms with Crippen LogP contribution in [0.2, 0.25) is 0 Å². The van der Waals surface area contributed by atoms with Gasteiger partial charge in [0.25, 0.3) is 0 Å². The van der Waals surface area contributed by atoms with Crippen LogP contribution in [0, 0.1) is 29.6 Å². The number of anilines is 2. The van der Waals surface area contributed by atoms with Crippen LogP contribution in [0.25, 0.3) is 0 Å². The molecule has 53 heavy (non-hydrogen) atoms. The number of nitrogens with zero attached hydrogens (tertiary/aromatic N) is 1. The van der Waals surface area contributed by atoms with Crippen molar-refractivity contribution in [2.24, 2.45) is 5.92 Å². The number of aryl methyl sites for hydroxylation is 1. The van der Waals surface area contributed by atoms with Crippen molar-refractivity contribution < 1.29 is 43.7 Å². The van der Waals surface area contributed by atoms with Crippen LogP contribution in [0.1, 0.15) is 58.3 Å². The molecule has 0 fully saturated rings. The van der Waals surface area contributed by atoms with Crippen LogP contribution in [-0.2, 0) is 35.9 Å². The molecule has 13 nitrogen and oxygen atoms in total. The molecular formula is C40H32N4O9. The van der Waals surface area contributed by atoms with Crippen LogP contribution in [0.4, 0.5) is 11.4 Å². The minimum atomic E-state index is -1.45. The highest BCUT2D eigenvalue weighted by atomic mass is 16.6. The Morgan fingerprint density at radius 3 is 2.09 bits per heavy atom. The highest BCUT2D eigenvalue weighted by Gasteiger charge is 2.53. The van der Waals surface area contributed by atoms with Gasteiger partial charge in [0.05, 0.1) is 18.2 Å². The predicted octanol–water partition coefficient (Wildman–Crippen LogP) is 4.80. The third-order valence-electron chi connectivity index (χ3n) is 8.82. The van der Waals surface area contributed by atoms with Crippen molar-refractivity contribution in [2.75, 3.05) is 17.2 Å². The molecule has 2 aliphatic rings. The summed E-state index contributed by atoms with van der Waals surface area (Å²) < 4.78 is 12.0. The van der Waals surface area contributed by atoms with Gasteiger partial charge in [0.2, 0.25) is 17.7 Å². The maximum atomic E-state index is 13.3. The summed E-state index contributed by atoms with van der Waals surface area (Å²) >= 11 is 0. The Morgan fingerprint density at radius 1 is 0.811 bits per heavy atom. The Kier molecular flexibility index (Phi) is 10.1. The van der Waals surface area contributed by atoms with Crippen molar-refractivity contribution in [3.05, 3.63) is 107 Å². The number of esters is 1. The Balaban J connectivity index is 1.01. The molecule has 0 radical (unpaired) electrons. The highest BCUT2D eigenvalue weighted by molar-refractivity contribution is 6.09. The number of fused-ring (bicyclic) bond motifs is 6. The second-order valence-electron chi connectivity index (χ2n) is 12.4. The average Bonchev–Trinajstić information content (AvgIpc) is 3.41. The lowest BCUT2D eigenvalue weighted by Crippen LogP contribution is -2.33. The lowest BCUT2D eigenvalue weighted by Gasteiger charge is -2.36. The average molecular weight is 713 g/mol. The van der Waals surface area contributed by atoms with Crippen molar-refractivity contribution in [3.8, 4) is 41.4 Å². The Hall–Kier alpha value is -7.12. The third kappa shape index (κ3) is 7.36. The summed E-state index contributed by atoms with van der Waals surface area (Å²) in [5.41, 5.74) is 1.78. The van der Waals surface area contributed by atoms with Gasteiger partial charge < -0.3 is 35.6 Å². The maximum Gasteiger partial charge on any atom is 0.340 e. The third-order valence-corrected chi connectivity index (χ3v) is 8.82. The summed E-state index contributed by atoms with van der Waals surface area (Å²) in [6.07, 6.45) is 6.39. The maximum absolute atomic E-state index is 13.3. The number of ether oxygens (including phenoxy) is 2. The van der Waals surface area contributed by atoms with Crippen LogP contribution < -0.4 is 20.7 Å². The molecule has 0 bridgehead atoms. The zero-order chi connectivity index (χ0) is 37.7. The zero-order valence-corrected chi connectivity index (χ0v) is 28.1. The SMILES string of the molecule is C#CCCC(=O)C(C#N)C(=O)Nc1ccc(CCCC(=O)NCC(=O)Nc2ccc3c(c2)C(=O)OC32c3ccc(O)cc3Oc3cc(O)ccc32)cc1. The van der Waals surface area contributed by atoms with Crippen LogP contribution in [-0.4, -0.2) is 46.2 Å². The van der Waals surface area contributed by atoms with Gasteiger partial charge in [0, 0.05) is 59.5 Å². The monoisotopic (exact) mass is 712 g/mol. The molecule has 2 heterocycles. The number of hydrogen-bond acceptors (Lipinski definition) is 10. The molecule has 0 aromatic heterocycles. The van der Waals surface area contributed by atoms with Gasteiger partial charge in [-0.15, -0.1) is 12.3 Å². The van der Waals surface area contributed by atoms with Crippen molar-refractivity contribution in [1.82, 2.24) is 5.32 Å². The van der Waals surface area contributed by atoms with E-state index in [1.54, 1.807) is 54.6 Å². The number of hydrogen-bond donors (Lipinski definition) is 5. The van der Waals surface area contributed by atoms with E-state index in [2.05, 4.69) is 21.9 Å². The molecule has 13 heteroatoms. The first-order valence-corrected chi connectivity index (χ1v) is 16.6. The van der Waals surface area contributed by atoms with Gasteiger partial charge >= 0.3 is 5.97 Å². The van der Waals surface area contributed by atoms with E-state index in [-0.39, 0.29) is 60.3 Å². The number of phenols is 2. The van der Waals surface area contributed by atoms with Crippen LogP contribution in [0.5, 0.6) is 23.0 Å². The topological polar surface area (TPSA) is 204 Å². The summed E-state index contributed by atoms with van der Waals surface area (Å²) in [5, 5.41) is 37.3. The van der Waals surface area contributed by atoms with E-state index in [1.165, 1.54) is 30.3 Å². The quantitative estimate of drug-likeness (QED) is 0.0771. The summed E-state index contributed by atoms with van der Waals surface area (Å²) in [7, 11) is 0. The summed E-state index contributed by atoms with van der Waals surface area (Å²) in [5.74, 6) is -1.55. The van der Waals surface area contributed by atoms with E-state index in [4.69, 9.17) is 15.9 Å². The van der Waals surface area contributed by atoms with Gasteiger partial charge in [-0.1, -0.05) is 18.2 Å². The summed E-state index contributed by atoms with van der Waals surface area (Å²) in [4.78, 5) is 63.0. The molecule has 1 unspecified atom stereocenters. The second-order valence-corrected chi connectivity index (χ2v) is 12.4. The minimum absolute atomic E-state index is 0.0574. The molecule has 4 aromatic carbocycles. The summed E-state index contributed by atoms with van der Waals surface area (Å²) in [6.45, 7) is -0.307. The lowest BCUT2D eigenvalue weighted by atomic mass is 9.77. The fraction of sp³-hybridized carbons (Fsp3) is 0.200. The molecule has 0 saturated carbocycles. The number of nitriles is 1. The number of rotatable bonds is 12. The smallest absolute Gasteiger partial charge is 0.340 e. The number of amides is 3. The molecule has 3 amide bonds. The van der Waals surface area contributed by atoms with Gasteiger partial charge in [0.1, 0.15) is 23.0 Å². The number of carbonyl (C=O) groups excluding carboxylic acids is 5. The van der Waals surface area contributed by atoms with E-state index in [0.29, 0.717) is 40.9 Å². The number of benzene rings is 4. The molecule has 1 atom stereocenters. The largest absolute Gasteiger partial charge is 0.508 e. The Bertz CT molecular complexity index is 2180. The molecule has 1 spiro atoms. The van der Waals surface area contributed by atoms with Crippen molar-refractivity contribution >= 4 is 40.8 Å². The first-order valence-electron chi connectivity index (χ1n) is 16.6. The van der Waals surface area contributed by atoms with Gasteiger partial charge in [-0.05, 0) is 66.9 Å². The van der Waals surface area contributed by atoms with Crippen molar-refractivity contribution in [1.29, 1.82) is 5.26 Å². The van der Waals surface area contributed by atoms with Crippen molar-refractivity contribution in [2.45, 2.75) is 37.7 Å². The minimum Gasteiger partial charge on any atom is -0.508 e. The normalized spacial score (nSPS) is 13.4. The fourth-order valence-electron chi connectivity index (χ4n) is 6.29. The first-order chi connectivity index (χ1) is 25.5. The zero-order valence-electron chi connectivity index (χ0n) is 28.1. The molecule has 266 valence electrons. The number of terminal acetylenes is 1. The van der Waals surface area contributed by atoms with E-state index in [0.717, 1.165) is 5.56 Å². The van der Waals surface area contributed by atoms with Gasteiger partial charge in [-0.25, -0.2) is 4.79 Å². The number of carbonyl (C=O) groups is 5. The second kappa shape index (κ2) is 15.0. The van der Waals surface area contributed by atoms with Crippen LogP contribution in [0.3, 0.4) is 0 Å². The molecule has 5 N–H and O–H groups in total. The fourth-order valence-corrected chi connectivity index (χ4v) is 6.29.